The molecular weight excluding hydrogens is 140 g/mol. The van der Waals surface area contributed by atoms with Gasteiger partial charge >= 0.3 is 0 Å². The van der Waals surface area contributed by atoms with E-state index < -0.39 is 0 Å². The SMILES string of the molecule is [Cl-].[Cl-].[Mn].[NH4+]. The van der Waals surface area contributed by atoms with E-state index >= 15 is 0 Å². The Bertz CT molecular complexity index is 6.00. The van der Waals surface area contributed by atoms with Crippen LogP contribution in [0.4, 0.5) is 0 Å². The molecule has 0 aromatic heterocycles. The molecule has 4 N–H and O–H groups in total. The molecule has 4 heavy (non-hydrogen) atoms. The molecule has 0 atom stereocenters. The van der Waals surface area contributed by atoms with Gasteiger partial charge in [-0.15, -0.1) is 0 Å². The summed E-state index contributed by atoms with van der Waals surface area (Å²) in [6.45, 7) is 0. The summed E-state index contributed by atoms with van der Waals surface area (Å²) in [5.41, 5.74) is 0. The Kier molecular flexibility index (Phi) is 629. The van der Waals surface area contributed by atoms with Crippen molar-refractivity contribution in [3.8, 4) is 0 Å². The van der Waals surface area contributed by atoms with E-state index in [1.54, 1.807) is 0 Å². The largest absolute Gasteiger partial charge is 1.00 e. The molecule has 31 valence electrons. The van der Waals surface area contributed by atoms with E-state index in [0.29, 0.717) is 0 Å². The maximum absolute atomic E-state index is 0. The fraction of sp³-hybridized carbons (Fsp3) is 0. The van der Waals surface area contributed by atoms with Gasteiger partial charge in [0, 0.05) is 17.1 Å². The molecule has 0 unspecified atom stereocenters. The molecule has 0 saturated carbocycles. The summed E-state index contributed by atoms with van der Waals surface area (Å²) in [5.74, 6) is 0. The van der Waals surface area contributed by atoms with Crippen molar-refractivity contribution in [2.24, 2.45) is 0 Å². The van der Waals surface area contributed by atoms with Crippen molar-refractivity contribution in [1.29, 1.82) is 0 Å². The van der Waals surface area contributed by atoms with E-state index in [2.05, 4.69) is 0 Å². The first-order valence-electron chi connectivity index (χ1n) is 0. The van der Waals surface area contributed by atoms with Crippen molar-refractivity contribution in [3.05, 3.63) is 0 Å². The fourth-order valence-corrected chi connectivity index (χ4v) is 0. The smallest absolute Gasteiger partial charge is 0 e. The second-order valence-electron chi connectivity index (χ2n) is 0. The van der Waals surface area contributed by atoms with Crippen molar-refractivity contribution in [3.63, 3.8) is 0 Å². The normalized spacial score (nSPS) is 0. The molecule has 0 aliphatic heterocycles. The summed E-state index contributed by atoms with van der Waals surface area (Å²) in [4.78, 5) is 0. The maximum atomic E-state index is 0. The fourth-order valence-electron chi connectivity index (χ4n) is 0. The first-order chi connectivity index (χ1) is 0. The van der Waals surface area contributed by atoms with Gasteiger partial charge in [-0.25, -0.2) is 0 Å². The van der Waals surface area contributed by atoms with Crippen LogP contribution in [-0.2, 0) is 17.1 Å². The molecule has 0 rings (SSSR count). The Morgan fingerprint density at radius 1 is 0.750 bits per heavy atom. The van der Waals surface area contributed by atoms with Gasteiger partial charge in [-0.05, 0) is 0 Å². The van der Waals surface area contributed by atoms with Gasteiger partial charge in [0.25, 0.3) is 0 Å². The Labute approximate surface area is 48.4 Å². The molecule has 0 heterocycles. The minimum atomic E-state index is 0. The van der Waals surface area contributed by atoms with Gasteiger partial charge in [0.05, 0.1) is 0 Å². The summed E-state index contributed by atoms with van der Waals surface area (Å²) in [7, 11) is 0. The quantitative estimate of drug-likeness (QED) is 0.329. The van der Waals surface area contributed by atoms with Gasteiger partial charge in [0.15, 0.2) is 0 Å². The number of hydrogen-bond donors (Lipinski definition) is 1. The van der Waals surface area contributed by atoms with Crippen LogP contribution in [0.1, 0.15) is 0 Å². The van der Waals surface area contributed by atoms with Crippen LogP contribution < -0.4 is 31.0 Å². The molecule has 4 heteroatoms. The van der Waals surface area contributed by atoms with Crippen molar-refractivity contribution in [2.75, 3.05) is 0 Å². The Hall–Kier alpha value is 1.06. The molecule has 1 nitrogen and oxygen atoms in total. The summed E-state index contributed by atoms with van der Waals surface area (Å²) in [5, 5.41) is 0. The van der Waals surface area contributed by atoms with Crippen molar-refractivity contribution in [1.82, 2.24) is 6.15 Å². The predicted molar refractivity (Wildman–Crippen MR) is 5.98 cm³/mol. The predicted octanol–water partition coefficient (Wildman–Crippen LogP) is -5.62. The van der Waals surface area contributed by atoms with E-state index in [4.69, 9.17) is 0 Å². The van der Waals surface area contributed by atoms with Crippen molar-refractivity contribution in [2.45, 2.75) is 0 Å². The number of rotatable bonds is 0. The van der Waals surface area contributed by atoms with E-state index in [9.17, 15) is 0 Å². The van der Waals surface area contributed by atoms with Gasteiger partial charge in [0.1, 0.15) is 0 Å². The molecule has 0 aromatic rings. The Morgan fingerprint density at radius 2 is 0.750 bits per heavy atom. The monoisotopic (exact) mass is 143 g/mol. The third-order valence-electron chi connectivity index (χ3n) is 0. The molecule has 0 fully saturated rings. The molecule has 0 saturated heterocycles. The molecule has 0 aliphatic rings. The Morgan fingerprint density at radius 3 is 0.750 bits per heavy atom. The topological polar surface area (TPSA) is 36.5 Å². The van der Waals surface area contributed by atoms with E-state index in [-0.39, 0.29) is 48.0 Å². The number of halogens is 2. The second-order valence-corrected chi connectivity index (χ2v) is 0. The van der Waals surface area contributed by atoms with Crippen molar-refractivity contribution < 1.29 is 41.9 Å². The van der Waals surface area contributed by atoms with Gasteiger partial charge < -0.3 is 31.0 Å². The third-order valence-corrected chi connectivity index (χ3v) is 0. The molecule has 0 bridgehead atoms. The van der Waals surface area contributed by atoms with Crippen LogP contribution in [-0.4, -0.2) is 0 Å². The van der Waals surface area contributed by atoms with Crippen LogP contribution in [0.3, 0.4) is 0 Å². The summed E-state index contributed by atoms with van der Waals surface area (Å²) < 4.78 is 0. The van der Waals surface area contributed by atoms with Crippen LogP contribution in [0.15, 0.2) is 0 Å². The van der Waals surface area contributed by atoms with Crippen LogP contribution in [0.25, 0.3) is 0 Å². The first-order valence-corrected chi connectivity index (χ1v) is 0. The number of quaternary nitrogens is 1. The summed E-state index contributed by atoms with van der Waals surface area (Å²) >= 11 is 0. The Balaban J connectivity index is 0. The van der Waals surface area contributed by atoms with Crippen LogP contribution in [0.5, 0.6) is 0 Å². The number of hydrogen-bond acceptors (Lipinski definition) is 0. The van der Waals surface area contributed by atoms with Gasteiger partial charge in [-0.2, -0.15) is 0 Å². The molecule has 0 amide bonds. The zero-order valence-corrected chi connectivity index (χ0v) is 4.83. The first kappa shape index (κ1) is 74.3. The van der Waals surface area contributed by atoms with Gasteiger partial charge in [-0.3, -0.25) is 0 Å². The molecule has 0 aliphatic carbocycles. The van der Waals surface area contributed by atoms with Crippen molar-refractivity contribution >= 4 is 0 Å². The van der Waals surface area contributed by atoms with Crippen LogP contribution >= 0.6 is 0 Å². The standard InChI is InChI=1S/2ClH.Mn.H3N/h2*1H;;1H3/p-1. The van der Waals surface area contributed by atoms with E-state index in [1.165, 1.54) is 0 Å². The molecular formula is H4Cl2MnN-. The molecule has 1 radical (unpaired) electrons. The minimum absolute atomic E-state index is 0. The third kappa shape index (κ3) is 11.6. The zero-order chi connectivity index (χ0) is 0. The van der Waals surface area contributed by atoms with Crippen LogP contribution in [0, 0.1) is 0 Å². The summed E-state index contributed by atoms with van der Waals surface area (Å²) in [6, 6.07) is 0. The van der Waals surface area contributed by atoms with Gasteiger partial charge in [0.2, 0.25) is 0 Å². The average molecular weight is 144 g/mol. The molecule has 0 spiro atoms. The second kappa shape index (κ2) is 33.9. The van der Waals surface area contributed by atoms with E-state index in [1.807, 2.05) is 0 Å². The van der Waals surface area contributed by atoms with Crippen LogP contribution in [0.2, 0.25) is 0 Å². The summed E-state index contributed by atoms with van der Waals surface area (Å²) in [6.07, 6.45) is 0. The van der Waals surface area contributed by atoms with Gasteiger partial charge in [-0.1, -0.05) is 0 Å². The zero-order valence-electron chi connectivity index (χ0n) is 2.13. The van der Waals surface area contributed by atoms with E-state index in [0.717, 1.165) is 0 Å². The average Bonchev–Trinajstić information content (AvgIpc) is 0. The minimum Gasteiger partial charge on any atom is -1.00 e. The maximum Gasteiger partial charge on any atom is 0 e. The molecule has 0 aromatic carbocycles.